The fourth-order valence-corrected chi connectivity index (χ4v) is 2.20. The molecule has 0 bridgehead atoms. The Morgan fingerprint density at radius 3 is 3.00 bits per heavy atom. The Kier molecular flexibility index (Phi) is 2.76. The van der Waals surface area contributed by atoms with Crippen LogP contribution in [-0.2, 0) is 16.6 Å². The average Bonchev–Trinajstić information content (AvgIpc) is 2.73. The van der Waals surface area contributed by atoms with Crippen LogP contribution >= 0.6 is 0 Å². The van der Waals surface area contributed by atoms with Crippen molar-refractivity contribution in [2.75, 3.05) is 6.54 Å². The van der Waals surface area contributed by atoms with Gasteiger partial charge in [-0.05, 0) is 25.5 Å². The van der Waals surface area contributed by atoms with Crippen LogP contribution in [0.5, 0.6) is 0 Å². The Balaban J connectivity index is 2.07. The summed E-state index contributed by atoms with van der Waals surface area (Å²) in [5.41, 5.74) is 0. The summed E-state index contributed by atoms with van der Waals surface area (Å²) in [6.45, 7) is 1.71. The standard InChI is InChI=1S/C8H14N4O2S/c9-15(13,14)8-3-5-12(11-8)6-7-2-1-4-10-7/h3,5,7,10H,1-2,4,6H2,(H2,9,13,14). The maximum absolute atomic E-state index is 11.0. The molecule has 2 heterocycles. The number of rotatable bonds is 3. The Labute approximate surface area is 88.5 Å². The van der Waals surface area contributed by atoms with Crippen LogP contribution in [0.25, 0.3) is 0 Å². The van der Waals surface area contributed by atoms with E-state index in [9.17, 15) is 8.42 Å². The van der Waals surface area contributed by atoms with E-state index < -0.39 is 10.0 Å². The molecule has 15 heavy (non-hydrogen) atoms. The van der Waals surface area contributed by atoms with E-state index in [1.54, 1.807) is 10.9 Å². The van der Waals surface area contributed by atoms with E-state index in [0.29, 0.717) is 12.6 Å². The highest BCUT2D eigenvalue weighted by Gasteiger charge is 2.16. The minimum atomic E-state index is -3.67. The fourth-order valence-electron chi connectivity index (χ4n) is 1.73. The number of hydrogen-bond donors (Lipinski definition) is 2. The highest BCUT2D eigenvalue weighted by molar-refractivity contribution is 7.89. The van der Waals surface area contributed by atoms with Gasteiger partial charge in [-0.15, -0.1) is 0 Å². The van der Waals surface area contributed by atoms with Gasteiger partial charge in [0, 0.05) is 12.2 Å². The predicted molar refractivity (Wildman–Crippen MR) is 54.6 cm³/mol. The molecule has 6 nitrogen and oxygen atoms in total. The van der Waals surface area contributed by atoms with Gasteiger partial charge in [0.05, 0.1) is 6.54 Å². The van der Waals surface area contributed by atoms with E-state index in [1.165, 1.54) is 6.07 Å². The fraction of sp³-hybridized carbons (Fsp3) is 0.625. The molecule has 0 saturated carbocycles. The molecule has 1 aromatic rings. The second-order valence-electron chi connectivity index (χ2n) is 3.71. The van der Waals surface area contributed by atoms with Crippen LogP contribution in [0.3, 0.4) is 0 Å². The van der Waals surface area contributed by atoms with Gasteiger partial charge in [-0.2, -0.15) is 5.10 Å². The lowest BCUT2D eigenvalue weighted by Crippen LogP contribution is -2.27. The molecule has 84 valence electrons. The molecule has 2 rings (SSSR count). The molecule has 1 aliphatic rings. The van der Waals surface area contributed by atoms with Crippen molar-refractivity contribution in [1.29, 1.82) is 0 Å². The van der Waals surface area contributed by atoms with E-state index in [2.05, 4.69) is 10.4 Å². The summed E-state index contributed by atoms with van der Waals surface area (Å²) in [4.78, 5) is 0. The lowest BCUT2D eigenvalue weighted by atomic mass is 10.2. The van der Waals surface area contributed by atoms with Gasteiger partial charge in [-0.25, -0.2) is 13.6 Å². The Morgan fingerprint density at radius 1 is 1.67 bits per heavy atom. The Bertz CT molecular complexity index is 433. The summed E-state index contributed by atoms with van der Waals surface area (Å²) in [5.74, 6) is 0. The first-order valence-electron chi connectivity index (χ1n) is 4.85. The molecule has 1 aliphatic heterocycles. The van der Waals surface area contributed by atoms with Crippen LogP contribution < -0.4 is 10.5 Å². The second-order valence-corrected chi connectivity index (χ2v) is 5.22. The van der Waals surface area contributed by atoms with Gasteiger partial charge in [0.25, 0.3) is 10.0 Å². The molecule has 1 saturated heterocycles. The molecule has 0 aliphatic carbocycles. The SMILES string of the molecule is NS(=O)(=O)c1ccn(CC2CCCN2)n1. The first kappa shape index (κ1) is 10.6. The smallest absolute Gasteiger partial charge is 0.257 e. The van der Waals surface area contributed by atoms with Gasteiger partial charge < -0.3 is 5.32 Å². The molecule has 0 radical (unpaired) electrons. The van der Waals surface area contributed by atoms with Gasteiger partial charge >= 0.3 is 0 Å². The number of nitrogens with zero attached hydrogens (tertiary/aromatic N) is 2. The topological polar surface area (TPSA) is 90.0 Å². The maximum atomic E-state index is 11.0. The number of nitrogens with one attached hydrogen (secondary N) is 1. The Morgan fingerprint density at radius 2 is 2.47 bits per heavy atom. The third-order valence-electron chi connectivity index (χ3n) is 2.48. The molecule has 0 amide bonds. The summed E-state index contributed by atoms with van der Waals surface area (Å²) in [6.07, 6.45) is 3.90. The minimum absolute atomic E-state index is 0.0690. The van der Waals surface area contributed by atoms with Crippen LogP contribution in [0.2, 0.25) is 0 Å². The van der Waals surface area contributed by atoms with E-state index in [1.807, 2.05) is 0 Å². The zero-order chi connectivity index (χ0) is 10.9. The maximum Gasteiger partial charge on any atom is 0.257 e. The number of primary sulfonamides is 1. The van der Waals surface area contributed by atoms with Gasteiger partial charge in [0.2, 0.25) is 0 Å². The summed E-state index contributed by atoms with van der Waals surface area (Å²) >= 11 is 0. The first-order chi connectivity index (χ1) is 7.05. The summed E-state index contributed by atoms with van der Waals surface area (Å²) in [7, 11) is -3.67. The van der Waals surface area contributed by atoms with Crippen LogP contribution in [-0.4, -0.2) is 30.8 Å². The van der Waals surface area contributed by atoms with Crippen LogP contribution in [0.1, 0.15) is 12.8 Å². The van der Waals surface area contributed by atoms with Crippen LogP contribution in [0.4, 0.5) is 0 Å². The van der Waals surface area contributed by atoms with E-state index in [0.717, 1.165) is 19.4 Å². The van der Waals surface area contributed by atoms with E-state index in [-0.39, 0.29) is 5.03 Å². The highest BCUT2D eigenvalue weighted by Crippen LogP contribution is 2.08. The Hall–Kier alpha value is -0.920. The summed E-state index contributed by atoms with van der Waals surface area (Å²) in [6, 6.07) is 1.81. The highest BCUT2D eigenvalue weighted by atomic mass is 32.2. The number of aromatic nitrogens is 2. The average molecular weight is 230 g/mol. The molecular weight excluding hydrogens is 216 g/mol. The van der Waals surface area contributed by atoms with Crippen molar-refractivity contribution in [2.45, 2.75) is 30.5 Å². The normalized spacial score (nSPS) is 22.1. The number of sulfonamides is 1. The molecular formula is C8H14N4O2S. The lowest BCUT2D eigenvalue weighted by molar-refractivity contribution is 0.469. The monoisotopic (exact) mass is 230 g/mol. The molecule has 1 unspecified atom stereocenters. The van der Waals surface area contributed by atoms with Crippen molar-refractivity contribution in [3.05, 3.63) is 12.3 Å². The zero-order valence-corrected chi connectivity index (χ0v) is 9.07. The molecule has 1 fully saturated rings. The summed E-state index contributed by atoms with van der Waals surface area (Å²) in [5, 5.41) is 12.1. The van der Waals surface area contributed by atoms with Crippen LogP contribution in [0.15, 0.2) is 17.3 Å². The van der Waals surface area contributed by atoms with Crippen LogP contribution in [0, 0.1) is 0 Å². The quantitative estimate of drug-likeness (QED) is 0.717. The van der Waals surface area contributed by atoms with Crippen molar-refractivity contribution in [3.8, 4) is 0 Å². The van der Waals surface area contributed by atoms with E-state index >= 15 is 0 Å². The van der Waals surface area contributed by atoms with Crippen molar-refractivity contribution >= 4 is 10.0 Å². The third kappa shape index (κ3) is 2.55. The van der Waals surface area contributed by atoms with Crippen molar-refractivity contribution in [1.82, 2.24) is 15.1 Å². The van der Waals surface area contributed by atoms with E-state index in [4.69, 9.17) is 5.14 Å². The minimum Gasteiger partial charge on any atom is -0.312 e. The number of nitrogens with two attached hydrogens (primary N) is 1. The van der Waals surface area contributed by atoms with Crippen molar-refractivity contribution < 1.29 is 8.42 Å². The third-order valence-corrected chi connectivity index (χ3v) is 3.28. The van der Waals surface area contributed by atoms with Crippen molar-refractivity contribution in [2.24, 2.45) is 5.14 Å². The molecule has 7 heteroatoms. The molecule has 3 N–H and O–H groups in total. The lowest BCUT2D eigenvalue weighted by Gasteiger charge is -2.09. The van der Waals surface area contributed by atoms with Gasteiger partial charge in [0.1, 0.15) is 0 Å². The predicted octanol–water partition coefficient (Wildman–Crippen LogP) is -0.718. The van der Waals surface area contributed by atoms with Gasteiger partial charge in [0.15, 0.2) is 5.03 Å². The molecule has 1 aromatic heterocycles. The molecule has 0 spiro atoms. The zero-order valence-electron chi connectivity index (χ0n) is 8.26. The van der Waals surface area contributed by atoms with Gasteiger partial charge in [-0.3, -0.25) is 4.68 Å². The molecule has 0 aromatic carbocycles. The molecule has 1 atom stereocenters. The summed E-state index contributed by atoms with van der Waals surface area (Å²) < 4.78 is 23.6. The number of hydrogen-bond acceptors (Lipinski definition) is 4. The largest absolute Gasteiger partial charge is 0.312 e. The first-order valence-corrected chi connectivity index (χ1v) is 6.40. The van der Waals surface area contributed by atoms with Crippen molar-refractivity contribution in [3.63, 3.8) is 0 Å². The van der Waals surface area contributed by atoms with Gasteiger partial charge in [-0.1, -0.05) is 0 Å². The second kappa shape index (κ2) is 3.92.